The minimum atomic E-state index is -0.243. The van der Waals surface area contributed by atoms with Crippen LogP contribution in [0.5, 0.6) is 0 Å². The van der Waals surface area contributed by atoms with Crippen molar-refractivity contribution in [1.82, 2.24) is 4.90 Å². The molecule has 0 aromatic carbocycles. The number of aldehydes is 1. The van der Waals surface area contributed by atoms with Gasteiger partial charge in [0.15, 0.2) is 0 Å². The summed E-state index contributed by atoms with van der Waals surface area (Å²) in [5.41, 5.74) is -0.238. The molecule has 17 heavy (non-hydrogen) atoms. The van der Waals surface area contributed by atoms with Crippen molar-refractivity contribution in [3.05, 3.63) is 0 Å². The first kappa shape index (κ1) is 13.0. The van der Waals surface area contributed by atoms with Crippen LogP contribution in [0.15, 0.2) is 0 Å². The molecule has 0 aliphatic carbocycles. The molecule has 0 bridgehead atoms. The lowest BCUT2D eigenvalue weighted by Crippen LogP contribution is -2.49. The molecule has 2 rings (SSSR count). The van der Waals surface area contributed by atoms with Crippen molar-refractivity contribution in [2.45, 2.75) is 32.3 Å². The summed E-state index contributed by atoms with van der Waals surface area (Å²) in [6.07, 6.45) is 3.52. The molecule has 4 nitrogen and oxygen atoms in total. The summed E-state index contributed by atoms with van der Waals surface area (Å²) in [5, 5.41) is 9.88. The van der Waals surface area contributed by atoms with Gasteiger partial charge in [0.2, 0.25) is 0 Å². The Bertz CT molecular complexity index is 263. The number of β-amino-alcohol motifs (C(OH)–C–C–N with tert-alkyl or cyclic N) is 1. The van der Waals surface area contributed by atoms with E-state index >= 15 is 0 Å². The van der Waals surface area contributed by atoms with Crippen LogP contribution >= 0.6 is 0 Å². The Morgan fingerprint density at radius 1 is 1.47 bits per heavy atom. The average molecular weight is 241 g/mol. The highest BCUT2D eigenvalue weighted by Gasteiger charge is 2.36. The summed E-state index contributed by atoms with van der Waals surface area (Å²) in [6.45, 7) is 5.94. The fourth-order valence-electron chi connectivity index (χ4n) is 2.79. The zero-order chi connectivity index (χ0) is 12.3. The van der Waals surface area contributed by atoms with Crippen molar-refractivity contribution in [3.8, 4) is 0 Å². The van der Waals surface area contributed by atoms with Gasteiger partial charge in [-0.25, -0.2) is 0 Å². The molecule has 2 aliphatic rings. The number of aliphatic hydroxyl groups is 1. The fraction of sp³-hybridized carbons (Fsp3) is 0.923. The normalized spacial score (nSPS) is 34.5. The predicted octanol–water partition coefficient (Wildman–Crippen LogP) is 0.685. The first-order valence-corrected chi connectivity index (χ1v) is 6.60. The highest BCUT2D eigenvalue weighted by Crippen LogP contribution is 2.30. The topological polar surface area (TPSA) is 49.8 Å². The predicted molar refractivity (Wildman–Crippen MR) is 64.8 cm³/mol. The Morgan fingerprint density at radius 2 is 2.18 bits per heavy atom. The minimum absolute atomic E-state index is 0.238. The molecule has 2 atom stereocenters. The van der Waals surface area contributed by atoms with E-state index in [1.54, 1.807) is 0 Å². The molecular weight excluding hydrogens is 218 g/mol. The van der Waals surface area contributed by atoms with E-state index in [4.69, 9.17) is 4.74 Å². The van der Waals surface area contributed by atoms with Crippen molar-refractivity contribution in [2.75, 3.05) is 32.8 Å². The Labute approximate surface area is 103 Å². The number of rotatable bonds is 3. The van der Waals surface area contributed by atoms with Crippen LogP contribution in [0, 0.1) is 11.3 Å². The van der Waals surface area contributed by atoms with Gasteiger partial charge in [0.25, 0.3) is 0 Å². The van der Waals surface area contributed by atoms with Gasteiger partial charge in [-0.15, -0.1) is 0 Å². The lowest BCUT2D eigenvalue weighted by molar-refractivity contribution is -0.124. The Morgan fingerprint density at radius 3 is 2.76 bits per heavy atom. The molecule has 0 aromatic rings. The van der Waals surface area contributed by atoms with E-state index in [-0.39, 0.29) is 11.5 Å². The zero-order valence-corrected chi connectivity index (χ0v) is 10.6. The van der Waals surface area contributed by atoms with Crippen LogP contribution in [0.1, 0.15) is 26.2 Å². The van der Waals surface area contributed by atoms with Gasteiger partial charge in [-0.2, -0.15) is 0 Å². The van der Waals surface area contributed by atoms with E-state index in [0.29, 0.717) is 25.7 Å². The van der Waals surface area contributed by atoms with Crippen molar-refractivity contribution >= 4 is 6.29 Å². The number of likely N-dealkylation sites (tertiary alicyclic amines) is 1. The third-order valence-corrected chi connectivity index (χ3v) is 4.28. The number of carbonyl (C=O) groups is 1. The van der Waals surface area contributed by atoms with Crippen LogP contribution in [0.2, 0.25) is 0 Å². The summed E-state index contributed by atoms with van der Waals surface area (Å²) in [7, 11) is 0. The lowest BCUT2D eigenvalue weighted by atomic mass is 9.80. The second kappa shape index (κ2) is 5.46. The molecule has 4 heteroatoms. The van der Waals surface area contributed by atoms with Gasteiger partial charge in [-0.1, -0.05) is 6.92 Å². The molecule has 2 unspecified atom stereocenters. The van der Waals surface area contributed by atoms with Crippen molar-refractivity contribution in [2.24, 2.45) is 11.3 Å². The third kappa shape index (κ3) is 3.06. The largest absolute Gasteiger partial charge is 0.392 e. The Kier molecular flexibility index (Phi) is 4.17. The number of hydrogen-bond donors (Lipinski definition) is 1. The molecule has 0 spiro atoms. The van der Waals surface area contributed by atoms with Gasteiger partial charge in [0.1, 0.15) is 6.29 Å². The summed E-state index contributed by atoms with van der Waals surface area (Å²) in [5.74, 6) is 0.383. The fourth-order valence-corrected chi connectivity index (χ4v) is 2.79. The van der Waals surface area contributed by atoms with Crippen LogP contribution < -0.4 is 0 Å². The number of piperidine rings is 1. The van der Waals surface area contributed by atoms with Crippen molar-refractivity contribution in [3.63, 3.8) is 0 Å². The highest BCUT2D eigenvalue weighted by atomic mass is 16.5. The van der Waals surface area contributed by atoms with Gasteiger partial charge in [0.05, 0.1) is 6.10 Å². The van der Waals surface area contributed by atoms with Crippen LogP contribution in [0.3, 0.4) is 0 Å². The molecule has 2 aliphatic heterocycles. The van der Waals surface area contributed by atoms with Crippen molar-refractivity contribution < 1.29 is 14.6 Å². The monoisotopic (exact) mass is 241 g/mol. The average Bonchev–Trinajstić information content (AvgIpc) is 2.35. The second-order valence-electron chi connectivity index (χ2n) is 5.66. The van der Waals surface area contributed by atoms with Gasteiger partial charge in [0, 0.05) is 31.7 Å². The number of carbonyl (C=O) groups excluding carboxylic acids is 1. The third-order valence-electron chi connectivity index (χ3n) is 4.28. The molecular formula is C13H23NO3. The first-order chi connectivity index (χ1) is 8.15. The second-order valence-corrected chi connectivity index (χ2v) is 5.66. The lowest BCUT2D eigenvalue weighted by Gasteiger charge is -2.41. The molecule has 2 saturated heterocycles. The summed E-state index contributed by atoms with van der Waals surface area (Å²) in [4.78, 5) is 13.6. The van der Waals surface area contributed by atoms with Gasteiger partial charge >= 0.3 is 0 Å². The van der Waals surface area contributed by atoms with E-state index in [1.165, 1.54) is 0 Å². The zero-order valence-electron chi connectivity index (χ0n) is 10.6. The van der Waals surface area contributed by atoms with Crippen LogP contribution in [0.25, 0.3) is 0 Å². The molecule has 0 radical (unpaired) electrons. The molecule has 98 valence electrons. The standard InChI is InChI=1S/C13H23NO3/c1-11-2-5-14(8-12(11)16)9-13(10-15)3-6-17-7-4-13/h10-12,16H,2-9H2,1H3. The maximum atomic E-state index is 11.4. The maximum Gasteiger partial charge on any atom is 0.127 e. The van der Waals surface area contributed by atoms with Crippen LogP contribution in [-0.4, -0.2) is 55.2 Å². The molecule has 0 amide bonds. The quantitative estimate of drug-likeness (QED) is 0.738. The molecule has 0 aromatic heterocycles. The van der Waals surface area contributed by atoms with Crippen molar-refractivity contribution in [1.29, 1.82) is 0 Å². The summed E-state index contributed by atoms with van der Waals surface area (Å²) in [6, 6.07) is 0. The summed E-state index contributed by atoms with van der Waals surface area (Å²) < 4.78 is 5.33. The minimum Gasteiger partial charge on any atom is -0.392 e. The van der Waals surface area contributed by atoms with E-state index in [2.05, 4.69) is 11.8 Å². The van der Waals surface area contributed by atoms with E-state index in [9.17, 15) is 9.90 Å². The van der Waals surface area contributed by atoms with E-state index in [0.717, 1.165) is 38.6 Å². The van der Waals surface area contributed by atoms with Gasteiger partial charge in [-0.05, 0) is 31.7 Å². The summed E-state index contributed by atoms with van der Waals surface area (Å²) >= 11 is 0. The number of nitrogens with zero attached hydrogens (tertiary/aromatic N) is 1. The van der Waals surface area contributed by atoms with Gasteiger partial charge in [-0.3, -0.25) is 4.90 Å². The maximum absolute atomic E-state index is 11.4. The van der Waals surface area contributed by atoms with E-state index in [1.807, 2.05) is 0 Å². The van der Waals surface area contributed by atoms with E-state index < -0.39 is 0 Å². The highest BCUT2D eigenvalue weighted by molar-refractivity contribution is 5.60. The number of aliphatic hydroxyl groups excluding tert-OH is 1. The molecule has 2 heterocycles. The first-order valence-electron chi connectivity index (χ1n) is 6.60. The smallest absolute Gasteiger partial charge is 0.127 e. The van der Waals surface area contributed by atoms with Gasteiger partial charge < -0.3 is 14.6 Å². The van der Waals surface area contributed by atoms with Crippen LogP contribution in [0.4, 0.5) is 0 Å². The SMILES string of the molecule is CC1CCN(CC2(C=O)CCOCC2)CC1O. The Hall–Kier alpha value is -0.450. The molecule has 1 N–H and O–H groups in total. The number of ether oxygens (including phenoxy) is 1. The molecule has 0 saturated carbocycles. The van der Waals surface area contributed by atoms with Crippen LogP contribution in [-0.2, 0) is 9.53 Å². The Balaban J connectivity index is 1.92. The molecule has 2 fully saturated rings. The number of hydrogen-bond acceptors (Lipinski definition) is 4.